The molecule has 0 spiro atoms. The van der Waals surface area contributed by atoms with E-state index in [0.717, 1.165) is 22.5 Å². The van der Waals surface area contributed by atoms with Crippen molar-refractivity contribution in [1.29, 1.82) is 0 Å². The van der Waals surface area contributed by atoms with Crippen LogP contribution in [0.5, 0.6) is 0 Å². The van der Waals surface area contributed by atoms with Crippen LogP contribution in [-0.4, -0.2) is 9.91 Å². The number of nitro groups is 1. The molecule has 0 fully saturated rings. The quantitative estimate of drug-likeness (QED) is 0.686. The van der Waals surface area contributed by atoms with Crippen molar-refractivity contribution in [1.82, 2.24) is 4.98 Å². The highest BCUT2D eigenvalue weighted by atomic mass is 16.6. The molecule has 2 N–H and O–H groups in total. The number of hydrogen-bond acceptors (Lipinski definition) is 4. The van der Waals surface area contributed by atoms with Gasteiger partial charge in [-0.2, -0.15) is 0 Å². The summed E-state index contributed by atoms with van der Waals surface area (Å²) in [7, 11) is 0. The maximum absolute atomic E-state index is 10.6. The van der Waals surface area contributed by atoms with Gasteiger partial charge in [0.2, 0.25) is 0 Å². The zero-order valence-electron chi connectivity index (χ0n) is 11.8. The van der Waals surface area contributed by atoms with Crippen LogP contribution in [-0.2, 0) is 5.54 Å². The maximum atomic E-state index is 10.6. The number of rotatable bonds is 3. The summed E-state index contributed by atoms with van der Waals surface area (Å²) < 4.78 is 0. The highest BCUT2D eigenvalue weighted by Crippen LogP contribution is 2.25. The molecule has 0 aliphatic carbocycles. The highest BCUT2D eigenvalue weighted by Gasteiger charge is 2.18. The predicted octanol–water partition coefficient (Wildman–Crippen LogP) is 3.16. The molecular formula is C15H17N3O2. The normalized spacial score (nSPS) is 11.4. The summed E-state index contributed by atoms with van der Waals surface area (Å²) >= 11 is 0. The third-order valence-electron chi connectivity index (χ3n) is 3.15. The standard InChI is InChI=1S/C15H17N3O2/c1-10-13(15(2,3)16)8-9-14(17-10)11-4-6-12(7-5-11)18(19)20/h4-9H,16H2,1-3H3. The zero-order valence-corrected chi connectivity index (χ0v) is 11.8. The Balaban J connectivity index is 2.39. The molecule has 0 saturated carbocycles. The van der Waals surface area contributed by atoms with Gasteiger partial charge in [0.05, 0.1) is 10.6 Å². The van der Waals surface area contributed by atoms with E-state index in [-0.39, 0.29) is 5.69 Å². The number of non-ortho nitro benzene ring substituents is 1. The molecule has 0 bridgehead atoms. The second kappa shape index (κ2) is 5.02. The molecule has 0 aliphatic rings. The van der Waals surface area contributed by atoms with E-state index in [1.54, 1.807) is 12.1 Å². The van der Waals surface area contributed by atoms with E-state index in [0.29, 0.717) is 0 Å². The van der Waals surface area contributed by atoms with Gasteiger partial charge in [0.15, 0.2) is 0 Å². The van der Waals surface area contributed by atoms with Gasteiger partial charge in [-0.1, -0.05) is 6.07 Å². The van der Waals surface area contributed by atoms with Gasteiger partial charge in [0.1, 0.15) is 0 Å². The first kappa shape index (κ1) is 14.1. The van der Waals surface area contributed by atoms with Crippen molar-refractivity contribution in [3.63, 3.8) is 0 Å². The van der Waals surface area contributed by atoms with E-state index >= 15 is 0 Å². The van der Waals surface area contributed by atoms with Crippen molar-refractivity contribution in [2.45, 2.75) is 26.3 Å². The van der Waals surface area contributed by atoms with Crippen LogP contribution >= 0.6 is 0 Å². The molecule has 5 nitrogen and oxygen atoms in total. The predicted molar refractivity (Wildman–Crippen MR) is 78.3 cm³/mol. The van der Waals surface area contributed by atoms with Gasteiger partial charge in [-0.25, -0.2) is 0 Å². The molecule has 104 valence electrons. The molecular weight excluding hydrogens is 254 g/mol. The number of nitrogens with zero attached hydrogens (tertiary/aromatic N) is 2. The lowest BCUT2D eigenvalue weighted by Crippen LogP contribution is -2.29. The van der Waals surface area contributed by atoms with E-state index < -0.39 is 10.5 Å². The Hall–Kier alpha value is -2.27. The molecule has 2 rings (SSSR count). The highest BCUT2D eigenvalue weighted by molar-refractivity contribution is 5.61. The Kier molecular flexibility index (Phi) is 3.55. The van der Waals surface area contributed by atoms with Crippen LogP contribution in [0.1, 0.15) is 25.1 Å². The largest absolute Gasteiger partial charge is 0.322 e. The van der Waals surface area contributed by atoms with E-state index in [9.17, 15) is 10.1 Å². The fraction of sp³-hybridized carbons (Fsp3) is 0.267. The molecule has 1 aromatic heterocycles. The number of nitro benzene ring substituents is 1. The lowest BCUT2D eigenvalue weighted by atomic mass is 9.93. The topological polar surface area (TPSA) is 82.0 Å². The summed E-state index contributed by atoms with van der Waals surface area (Å²) in [6.45, 7) is 5.78. The lowest BCUT2D eigenvalue weighted by Gasteiger charge is -2.21. The van der Waals surface area contributed by atoms with Gasteiger partial charge in [0.25, 0.3) is 5.69 Å². The van der Waals surface area contributed by atoms with Gasteiger partial charge in [0, 0.05) is 28.9 Å². The monoisotopic (exact) mass is 271 g/mol. The summed E-state index contributed by atoms with van der Waals surface area (Å²) in [5.74, 6) is 0. The summed E-state index contributed by atoms with van der Waals surface area (Å²) in [5, 5.41) is 10.6. The molecule has 2 aromatic rings. The molecule has 1 aromatic carbocycles. The second-order valence-electron chi connectivity index (χ2n) is 5.36. The molecule has 0 amide bonds. The molecule has 5 heteroatoms. The number of nitrogens with two attached hydrogens (primary N) is 1. The molecule has 0 saturated heterocycles. The first-order chi connectivity index (χ1) is 9.29. The maximum Gasteiger partial charge on any atom is 0.269 e. The third kappa shape index (κ3) is 2.83. The zero-order chi connectivity index (χ0) is 14.9. The van der Waals surface area contributed by atoms with Crippen LogP contribution < -0.4 is 5.73 Å². The van der Waals surface area contributed by atoms with Crippen molar-refractivity contribution in [3.05, 3.63) is 57.8 Å². The van der Waals surface area contributed by atoms with Gasteiger partial charge < -0.3 is 5.73 Å². The minimum absolute atomic E-state index is 0.0742. The number of benzene rings is 1. The number of aryl methyl sites for hydroxylation is 1. The van der Waals surface area contributed by atoms with Crippen LogP contribution in [0.2, 0.25) is 0 Å². The van der Waals surface area contributed by atoms with Gasteiger partial charge in [-0.3, -0.25) is 15.1 Å². The first-order valence-corrected chi connectivity index (χ1v) is 6.31. The van der Waals surface area contributed by atoms with Crippen LogP contribution in [0.3, 0.4) is 0 Å². The van der Waals surface area contributed by atoms with Gasteiger partial charge >= 0.3 is 0 Å². The second-order valence-corrected chi connectivity index (χ2v) is 5.36. The molecule has 20 heavy (non-hydrogen) atoms. The Labute approximate surface area is 117 Å². The molecule has 0 atom stereocenters. The van der Waals surface area contributed by atoms with Crippen LogP contribution in [0.15, 0.2) is 36.4 Å². The van der Waals surface area contributed by atoms with E-state index in [4.69, 9.17) is 5.73 Å². The van der Waals surface area contributed by atoms with Crippen molar-refractivity contribution in [3.8, 4) is 11.3 Å². The van der Waals surface area contributed by atoms with E-state index in [1.807, 2.05) is 32.9 Å². The van der Waals surface area contributed by atoms with Crippen molar-refractivity contribution < 1.29 is 4.92 Å². The lowest BCUT2D eigenvalue weighted by molar-refractivity contribution is -0.384. The fourth-order valence-electron chi connectivity index (χ4n) is 2.16. The van der Waals surface area contributed by atoms with Gasteiger partial charge in [-0.05, 0) is 44.5 Å². The third-order valence-corrected chi connectivity index (χ3v) is 3.15. The summed E-state index contributed by atoms with van der Waals surface area (Å²) in [5.41, 5.74) is 9.21. The SMILES string of the molecule is Cc1nc(-c2ccc([N+](=O)[O-])cc2)ccc1C(C)(C)N. The van der Waals surface area contributed by atoms with E-state index in [1.165, 1.54) is 12.1 Å². The van der Waals surface area contributed by atoms with E-state index in [2.05, 4.69) is 4.98 Å². The smallest absolute Gasteiger partial charge is 0.269 e. The number of pyridine rings is 1. The summed E-state index contributed by atoms with van der Waals surface area (Å²) in [6.07, 6.45) is 0. The van der Waals surface area contributed by atoms with Gasteiger partial charge in [-0.15, -0.1) is 0 Å². The summed E-state index contributed by atoms with van der Waals surface area (Å²) in [6, 6.07) is 10.2. The summed E-state index contributed by atoms with van der Waals surface area (Å²) in [4.78, 5) is 14.8. The molecule has 1 heterocycles. The molecule has 0 aliphatic heterocycles. The minimum Gasteiger partial charge on any atom is -0.322 e. The van der Waals surface area contributed by atoms with Crippen molar-refractivity contribution in [2.75, 3.05) is 0 Å². The number of hydrogen-bond donors (Lipinski definition) is 1. The Morgan fingerprint density at radius 3 is 2.20 bits per heavy atom. The fourth-order valence-corrected chi connectivity index (χ4v) is 2.16. The molecule has 0 radical (unpaired) electrons. The van der Waals surface area contributed by atoms with Crippen LogP contribution in [0.25, 0.3) is 11.3 Å². The van der Waals surface area contributed by atoms with Crippen LogP contribution in [0, 0.1) is 17.0 Å². The molecule has 0 unspecified atom stereocenters. The van der Waals surface area contributed by atoms with Crippen molar-refractivity contribution >= 4 is 5.69 Å². The van der Waals surface area contributed by atoms with Crippen LogP contribution in [0.4, 0.5) is 5.69 Å². The Morgan fingerprint density at radius 1 is 1.15 bits per heavy atom. The average molecular weight is 271 g/mol. The van der Waals surface area contributed by atoms with Crippen molar-refractivity contribution in [2.24, 2.45) is 5.73 Å². The first-order valence-electron chi connectivity index (χ1n) is 6.31. The Morgan fingerprint density at radius 2 is 1.75 bits per heavy atom. The average Bonchev–Trinajstić information content (AvgIpc) is 2.37. The minimum atomic E-state index is -0.439. The number of aromatic nitrogens is 1. The Bertz CT molecular complexity index is 643.